The Morgan fingerprint density at radius 2 is 1.80 bits per heavy atom. The minimum absolute atomic E-state index is 0.0767. The number of rotatable bonds is 9. The molecule has 1 N–H and O–H groups in total. The fourth-order valence-corrected chi connectivity index (χ4v) is 2.66. The molecule has 0 bridgehead atoms. The molecule has 0 heterocycles. The van der Waals surface area contributed by atoms with Crippen LogP contribution in [0.1, 0.15) is 25.8 Å². The summed E-state index contributed by atoms with van der Waals surface area (Å²) in [5.74, 6) is -0.499. The Balaban J connectivity index is 0.000000472. The average molecular weight is 371 g/mol. The highest BCUT2D eigenvalue weighted by Gasteiger charge is 2.14. The highest BCUT2D eigenvalue weighted by atomic mass is 32.2. The first-order valence-corrected chi connectivity index (χ1v) is 9.94. The predicted molar refractivity (Wildman–Crippen MR) is 99.8 cm³/mol. The fraction of sp³-hybridized carbons (Fsp3) is 0.500. The normalized spacial score (nSPS) is 11.2. The zero-order valence-corrected chi connectivity index (χ0v) is 16.2. The molecule has 1 amide bonds. The summed E-state index contributed by atoms with van der Waals surface area (Å²) in [5, 5.41) is 2.79. The third kappa shape index (κ3) is 12.3. The van der Waals surface area contributed by atoms with Crippen molar-refractivity contribution in [3.05, 3.63) is 48.6 Å². The van der Waals surface area contributed by atoms with Crippen molar-refractivity contribution in [3.8, 4) is 0 Å². The predicted octanol–water partition coefficient (Wildman–Crippen LogP) is 1.90. The molecule has 0 radical (unpaired) electrons. The number of hydrogen-bond donors (Lipinski definition) is 1. The lowest BCUT2D eigenvalue weighted by Gasteiger charge is -2.32. The molecule has 0 aliphatic heterocycles. The van der Waals surface area contributed by atoms with Crippen LogP contribution in [0.15, 0.2) is 43.0 Å². The molecule has 1 rings (SSSR count). The molecular weight excluding hydrogens is 340 g/mol. The molecule has 142 valence electrons. The summed E-state index contributed by atoms with van der Waals surface area (Å²) >= 11 is 0. The molecular formula is C18H30N2O4S. The Bertz CT molecular complexity index is 611. The van der Waals surface area contributed by atoms with E-state index in [1.165, 1.54) is 6.08 Å². The Labute approximate surface area is 151 Å². The third-order valence-electron chi connectivity index (χ3n) is 4.07. The number of quaternary nitrogens is 1. The summed E-state index contributed by atoms with van der Waals surface area (Å²) in [7, 11) is -1.88. The Morgan fingerprint density at radius 3 is 2.24 bits per heavy atom. The van der Waals surface area contributed by atoms with Gasteiger partial charge >= 0.3 is 0 Å². The number of nitrogens with one attached hydrogen (secondary N) is 1. The number of hydrogen-bond acceptors (Lipinski definition) is 4. The van der Waals surface area contributed by atoms with Gasteiger partial charge in [-0.05, 0) is 25.5 Å². The molecule has 0 aromatic heterocycles. The van der Waals surface area contributed by atoms with Crippen molar-refractivity contribution in [2.75, 3.05) is 33.2 Å². The lowest BCUT2D eigenvalue weighted by atomic mass is 10.2. The minimum Gasteiger partial charge on any atom is -0.748 e. The van der Waals surface area contributed by atoms with Crippen molar-refractivity contribution in [3.63, 3.8) is 0 Å². The van der Waals surface area contributed by atoms with E-state index in [9.17, 15) is 17.8 Å². The Hall–Kier alpha value is -1.70. The van der Waals surface area contributed by atoms with Crippen LogP contribution in [0.25, 0.3) is 0 Å². The van der Waals surface area contributed by atoms with Crippen LogP contribution in [0, 0.1) is 0 Å². The van der Waals surface area contributed by atoms with Gasteiger partial charge in [0, 0.05) is 13.0 Å². The molecule has 0 unspecified atom stereocenters. The van der Waals surface area contributed by atoms with Gasteiger partial charge < -0.3 is 14.4 Å². The van der Waals surface area contributed by atoms with Crippen LogP contribution in [-0.2, 0) is 20.7 Å². The van der Waals surface area contributed by atoms with E-state index < -0.39 is 15.9 Å². The van der Waals surface area contributed by atoms with Crippen molar-refractivity contribution in [1.29, 1.82) is 0 Å². The highest BCUT2D eigenvalue weighted by molar-refractivity contribution is 7.84. The van der Waals surface area contributed by atoms with Gasteiger partial charge in [-0.2, -0.15) is 0 Å². The lowest BCUT2D eigenvalue weighted by Crippen LogP contribution is -2.45. The van der Waals surface area contributed by atoms with Gasteiger partial charge in [-0.1, -0.05) is 36.9 Å². The molecule has 0 fully saturated rings. The summed E-state index contributed by atoms with van der Waals surface area (Å²) in [4.78, 5) is 10.8. The van der Waals surface area contributed by atoms with Crippen LogP contribution in [0.5, 0.6) is 0 Å². The molecule has 0 saturated carbocycles. The minimum atomic E-state index is -4.13. The summed E-state index contributed by atoms with van der Waals surface area (Å²) in [6.45, 7) is 12.0. The van der Waals surface area contributed by atoms with E-state index in [1.807, 2.05) is 0 Å². The Morgan fingerprint density at radius 1 is 1.24 bits per heavy atom. The van der Waals surface area contributed by atoms with Crippen molar-refractivity contribution < 1.29 is 22.2 Å². The molecule has 0 aliphatic rings. The molecule has 0 aliphatic carbocycles. The second kappa shape index (κ2) is 11.8. The number of benzene rings is 1. The van der Waals surface area contributed by atoms with Gasteiger partial charge in [0.05, 0.1) is 42.6 Å². The van der Waals surface area contributed by atoms with Crippen LogP contribution in [0.2, 0.25) is 0 Å². The molecule has 6 nitrogen and oxygen atoms in total. The van der Waals surface area contributed by atoms with Gasteiger partial charge in [0.15, 0.2) is 0 Å². The van der Waals surface area contributed by atoms with Crippen LogP contribution < -0.4 is 5.32 Å². The van der Waals surface area contributed by atoms with Crippen LogP contribution in [0.4, 0.5) is 0 Å². The first kappa shape index (κ1) is 23.3. The van der Waals surface area contributed by atoms with Crippen molar-refractivity contribution >= 4 is 16.0 Å². The second-order valence-electron chi connectivity index (χ2n) is 6.01. The highest BCUT2D eigenvalue weighted by Crippen LogP contribution is 2.03. The van der Waals surface area contributed by atoms with Gasteiger partial charge in [-0.3, -0.25) is 4.79 Å². The zero-order chi connectivity index (χ0) is 19.3. The lowest BCUT2D eigenvalue weighted by molar-refractivity contribution is -0.906. The molecule has 0 spiro atoms. The number of carbonyl (C=O) groups is 1. The maximum atomic E-state index is 10.8. The molecule has 0 atom stereocenters. The molecule has 25 heavy (non-hydrogen) atoms. The van der Waals surface area contributed by atoms with E-state index in [1.54, 1.807) is 30.3 Å². The maximum absolute atomic E-state index is 10.8. The van der Waals surface area contributed by atoms with E-state index >= 15 is 0 Å². The zero-order valence-electron chi connectivity index (χ0n) is 15.4. The Kier molecular flexibility index (Phi) is 11.0. The monoisotopic (exact) mass is 370 g/mol. The van der Waals surface area contributed by atoms with E-state index in [0.717, 1.165) is 37.1 Å². The molecule has 7 heteroatoms. The van der Waals surface area contributed by atoms with Crippen LogP contribution in [-0.4, -0.2) is 56.6 Å². The fourth-order valence-electron chi connectivity index (χ4n) is 2.06. The second-order valence-corrected chi connectivity index (χ2v) is 7.42. The number of amides is 1. The largest absolute Gasteiger partial charge is 0.748 e. The van der Waals surface area contributed by atoms with E-state index in [-0.39, 0.29) is 5.91 Å². The van der Waals surface area contributed by atoms with E-state index in [2.05, 4.69) is 32.8 Å². The van der Waals surface area contributed by atoms with Crippen molar-refractivity contribution in [2.45, 2.75) is 26.0 Å². The summed E-state index contributed by atoms with van der Waals surface area (Å²) in [6.07, 6.45) is 2.34. The van der Waals surface area contributed by atoms with E-state index in [4.69, 9.17) is 0 Å². The first-order chi connectivity index (χ1) is 11.7. The maximum Gasteiger partial charge on any atom is 0.243 e. The van der Waals surface area contributed by atoms with Crippen molar-refractivity contribution in [2.24, 2.45) is 0 Å². The molecule has 0 saturated heterocycles. The summed E-state index contributed by atoms with van der Waals surface area (Å²) < 4.78 is 31.8. The van der Waals surface area contributed by atoms with Crippen molar-refractivity contribution in [1.82, 2.24) is 5.32 Å². The van der Waals surface area contributed by atoms with Gasteiger partial charge in [0.25, 0.3) is 0 Å². The summed E-state index contributed by atoms with van der Waals surface area (Å²) in [6, 6.07) is 8.37. The third-order valence-corrected chi connectivity index (χ3v) is 4.76. The smallest absolute Gasteiger partial charge is 0.243 e. The van der Waals surface area contributed by atoms with Gasteiger partial charge in [-0.15, -0.1) is 0 Å². The van der Waals surface area contributed by atoms with Crippen LogP contribution >= 0.6 is 0 Å². The first-order valence-electron chi connectivity index (χ1n) is 8.37. The van der Waals surface area contributed by atoms with E-state index in [0.29, 0.717) is 5.56 Å². The van der Waals surface area contributed by atoms with Crippen LogP contribution in [0.3, 0.4) is 0 Å². The topological polar surface area (TPSA) is 86.3 Å². The number of carbonyl (C=O) groups excluding carboxylic acids is 1. The standard InChI is InChI=1S/C11H22N2O.C7H8O3S/c1-5-11(14)12-9-8-10-13(4,6-2)7-3;8-11(9,10)6-7-4-2-1-3-5-7/h5H,1,6-10H2,2-4H3;1-5H,6H2,(H,8,9,10). The average Bonchev–Trinajstić information content (AvgIpc) is 2.58. The summed E-state index contributed by atoms with van der Waals surface area (Å²) in [5.41, 5.74) is 0.530. The molecule has 1 aromatic carbocycles. The molecule has 1 aromatic rings. The quantitative estimate of drug-likeness (QED) is 0.311. The SMILES string of the molecule is C=CC(=O)NCCC[N+](C)(CC)CC.O=S(=O)([O-])Cc1ccccc1. The van der Waals surface area contributed by atoms with Gasteiger partial charge in [-0.25, -0.2) is 8.42 Å². The van der Waals surface area contributed by atoms with Gasteiger partial charge in [0.2, 0.25) is 5.91 Å². The van der Waals surface area contributed by atoms with Gasteiger partial charge in [0.1, 0.15) is 0 Å². The number of nitrogens with zero attached hydrogens (tertiary/aromatic N) is 1.